The van der Waals surface area contributed by atoms with Crippen LogP contribution in [0.5, 0.6) is 5.75 Å². The largest absolute Gasteiger partial charge is 0.491 e. The summed E-state index contributed by atoms with van der Waals surface area (Å²) in [6.07, 6.45) is 0.245. The van der Waals surface area contributed by atoms with E-state index in [1.807, 2.05) is 12.1 Å². The topological polar surface area (TPSA) is 71.1 Å². The first-order chi connectivity index (χ1) is 7.74. The van der Waals surface area contributed by atoms with Gasteiger partial charge >= 0.3 is 0 Å². The van der Waals surface area contributed by atoms with Crippen molar-refractivity contribution in [1.82, 2.24) is 0 Å². The fourth-order valence-corrected chi connectivity index (χ4v) is 1.46. The van der Waals surface area contributed by atoms with Gasteiger partial charge in [-0.25, -0.2) is 4.21 Å². The monoisotopic (exact) mass is 243 g/mol. The molecule has 0 aliphatic carbocycles. The summed E-state index contributed by atoms with van der Waals surface area (Å²) in [5, 5.41) is 2.82. The highest BCUT2D eigenvalue weighted by Crippen LogP contribution is 2.17. The van der Waals surface area contributed by atoms with E-state index in [4.69, 9.17) is 14.0 Å². The van der Waals surface area contributed by atoms with Gasteiger partial charge in [-0.05, 0) is 24.3 Å². The van der Waals surface area contributed by atoms with Crippen molar-refractivity contribution in [2.45, 2.75) is 6.10 Å². The molecule has 0 saturated carbocycles. The first kappa shape index (κ1) is 11.4. The van der Waals surface area contributed by atoms with Crippen LogP contribution < -0.4 is 10.1 Å². The molecule has 0 aromatic heterocycles. The van der Waals surface area contributed by atoms with Crippen LogP contribution in [0.3, 0.4) is 0 Å². The highest BCUT2D eigenvalue weighted by molar-refractivity contribution is 7.79. The van der Waals surface area contributed by atoms with Gasteiger partial charge in [-0.1, -0.05) is 0 Å². The van der Waals surface area contributed by atoms with E-state index >= 15 is 0 Å². The zero-order valence-corrected chi connectivity index (χ0v) is 9.40. The standard InChI is InChI=1S/C10H13NO4S/c12-16(13)7-11-8-1-3-9(4-2-8)14-5-10-6-15-10/h1-4,10-11H,5-7H2,(H,12,13)/t10-/m1/s1. The molecule has 2 N–H and O–H groups in total. The van der Waals surface area contributed by atoms with Gasteiger partial charge in [0, 0.05) is 5.69 Å². The maximum atomic E-state index is 10.4. The Morgan fingerprint density at radius 2 is 2.19 bits per heavy atom. The molecule has 88 valence electrons. The van der Waals surface area contributed by atoms with Gasteiger partial charge in [-0.2, -0.15) is 0 Å². The number of ether oxygens (including phenoxy) is 2. The molecule has 1 aliphatic heterocycles. The van der Waals surface area contributed by atoms with Gasteiger partial charge in [-0.15, -0.1) is 0 Å². The predicted molar refractivity (Wildman–Crippen MR) is 60.9 cm³/mol. The van der Waals surface area contributed by atoms with Crippen LogP contribution in [0.1, 0.15) is 0 Å². The van der Waals surface area contributed by atoms with Crippen molar-refractivity contribution in [2.24, 2.45) is 0 Å². The molecule has 2 atom stereocenters. The zero-order chi connectivity index (χ0) is 11.4. The molecule has 0 amide bonds. The first-order valence-corrected chi connectivity index (χ1v) is 6.17. The summed E-state index contributed by atoms with van der Waals surface area (Å²) in [5.41, 5.74) is 0.789. The highest BCUT2D eigenvalue weighted by Gasteiger charge is 2.22. The van der Waals surface area contributed by atoms with Crippen LogP contribution in [0.15, 0.2) is 24.3 Å². The molecule has 16 heavy (non-hydrogen) atoms. The van der Waals surface area contributed by atoms with Crippen molar-refractivity contribution in [3.8, 4) is 5.75 Å². The molecular weight excluding hydrogens is 230 g/mol. The Morgan fingerprint density at radius 3 is 2.75 bits per heavy atom. The van der Waals surface area contributed by atoms with Crippen molar-refractivity contribution in [1.29, 1.82) is 0 Å². The summed E-state index contributed by atoms with van der Waals surface area (Å²) in [6, 6.07) is 7.22. The summed E-state index contributed by atoms with van der Waals surface area (Å²) in [6.45, 7) is 1.36. The summed E-state index contributed by atoms with van der Waals surface area (Å²) in [7, 11) is 0. The minimum absolute atomic E-state index is 0.0239. The second-order valence-corrected chi connectivity index (χ2v) is 4.36. The second-order valence-electron chi connectivity index (χ2n) is 3.43. The minimum atomic E-state index is -1.83. The van der Waals surface area contributed by atoms with E-state index in [0.717, 1.165) is 18.0 Å². The van der Waals surface area contributed by atoms with Crippen LogP contribution in [0.2, 0.25) is 0 Å². The van der Waals surface area contributed by atoms with Crippen molar-refractivity contribution in [3.05, 3.63) is 24.3 Å². The Hall–Kier alpha value is -1.11. The average molecular weight is 243 g/mol. The number of hydrogen-bond donors (Lipinski definition) is 2. The number of rotatable bonds is 6. The summed E-state index contributed by atoms with van der Waals surface area (Å²) < 4.78 is 29.5. The molecule has 0 spiro atoms. The molecule has 6 heteroatoms. The fraction of sp³-hybridized carbons (Fsp3) is 0.400. The number of anilines is 1. The molecule has 0 radical (unpaired) electrons. The molecular formula is C10H13NO4S. The van der Waals surface area contributed by atoms with Crippen molar-refractivity contribution >= 4 is 16.8 Å². The lowest BCUT2D eigenvalue weighted by molar-refractivity contribution is 0.263. The number of epoxide rings is 1. The SMILES string of the molecule is O=S(O)CNc1ccc(OC[C@@H]2CO2)cc1. The molecule has 0 bridgehead atoms. The zero-order valence-electron chi connectivity index (χ0n) is 8.59. The van der Waals surface area contributed by atoms with Crippen LogP contribution >= 0.6 is 0 Å². The highest BCUT2D eigenvalue weighted by atomic mass is 32.2. The van der Waals surface area contributed by atoms with Crippen LogP contribution in [0.25, 0.3) is 0 Å². The molecule has 1 aliphatic rings. The maximum absolute atomic E-state index is 10.4. The number of nitrogens with one attached hydrogen (secondary N) is 1. The Balaban J connectivity index is 1.80. The predicted octanol–water partition coefficient (Wildman–Crippen LogP) is 1.06. The lowest BCUT2D eigenvalue weighted by atomic mass is 10.3. The van der Waals surface area contributed by atoms with Crippen LogP contribution in [0.4, 0.5) is 5.69 Å². The molecule has 1 saturated heterocycles. The normalized spacial score (nSPS) is 20.2. The van der Waals surface area contributed by atoms with Gasteiger partial charge in [0.15, 0.2) is 11.1 Å². The summed E-state index contributed by atoms with van der Waals surface area (Å²) >= 11 is -1.83. The van der Waals surface area contributed by atoms with E-state index in [1.165, 1.54) is 0 Å². The van der Waals surface area contributed by atoms with E-state index in [9.17, 15) is 4.21 Å². The van der Waals surface area contributed by atoms with Crippen molar-refractivity contribution in [3.63, 3.8) is 0 Å². The molecule has 2 rings (SSSR count). The maximum Gasteiger partial charge on any atom is 0.172 e. The van der Waals surface area contributed by atoms with E-state index in [-0.39, 0.29) is 12.0 Å². The average Bonchev–Trinajstić information content (AvgIpc) is 3.09. The fourth-order valence-electron chi connectivity index (χ4n) is 1.17. The smallest absolute Gasteiger partial charge is 0.172 e. The lowest BCUT2D eigenvalue weighted by Gasteiger charge is -2.06. The Bertz CT molecular complexity index is 364. The third-order valence-corrected chi connectivity index (χ3v) is 2.48. The number of benzene rings is 1. The summed E-state index contributed by atoms with van der Waals surface area (Å²) in [4.78, 5) is 0. The van der Waals surface area contributed by atoms with Crippen LogP contribution in [-0.2, 0) is 15.8 Å². The summed E-state index contributed by atoms with van der Waals surface area (Å²) in [5.74, 6) is 0.794. The molecule has 1 heterocycles. The molecule has 1 aromatic carbocycles. The van der Waals surface area contributed by atoms with Crippen LogP contribution in [-0.4, -0.2) is 34.0 Å². The lowest BCUT2D eigenvalue weighted by Crippen LogP contribution is -2.07. The van der Waals surface area contributed by atoms with E-state index in [1.54, 1.807) is 12.1 Å². The van der Waals surface area contributed by atoms with Gasteiger partial charge < -0.3 is 19.3 Å². The molecule has 5 nitrogen and oxygen atoms in total. The second kappa shape index (κ2) is 5.29. The molecule has 1 unspecified atom stereocenters. The van der Waals surface area contributed by atoms with E-state index in [0.29, 0.717) is 6.61 Å². The molecule has 1 aromatic rings. The Labute approximate surface area is 96.0 Å². The molecule has 1 fully saturated rings. The van der Waals surface area contributed by atoms with Crippen molar-refractivity contribution < 1.29 is 18.2 Å². The van der Waals surface area contributed by atoms with Gasteiger partial charge in [0.2, 0.25) is 0 Å². The van der Waals surface area contributed by atoms with Crippen molar-refractivity contribution in [2.75, 3.05) is 24.4 Å². The minimum Gasteiger partial charge on any atom is -0.491 e. The van der Waals surface area contributed by atoms with Gasteiger partial charge in [0.25, 0.3) is 0 Å². The van der Waals surface area contributed by atoms with Gasteiger partial charge in [0.1, 0.15) is 24.3 Å². The van der Waals surface area contributed by atoms with E-state index in [2.05, 4.69) is 5.32 Å². The Morgan fingerprint density at radius 1 is 1.50 bits per heavy atom. The first-order valence-electron chi connectivity index (χ1n) is 4.90. The number of hydrogen-bond acceptors (Lipinski definition) is 4. The Kier molecular flexibility index (Phi) is 3.76. The van der Waals surface area contributed by atoms with Gasteiger partial charge in [0.05, 0.1) is 6.61 Å². The quantitative estimate of drug-likeness (QED) is 0.577. The van der Waals surface area contributed by atoms with E-state index < -0.39 is 11.1 Å². The third kappa shape index (κ3) is 3.80. The third-order valence-electron chi connectivity index (χ3n) is 2.09. The van der Waals surface area contributed by atoms with Crippen LogP contribution in [0, 0.1) is 0 Å². The van der Waals surface area contributed by atoms with Gasteiger partial charge in [-0.3, -0.25) is 0 Å².